The van der Waals surface area contributed by atoms with E-state index >= 15 is 0 Å². The van der Waals surface area contributed by atoms with E-state index in [2.05, 4.69) is 36.7 Å². The number of hydrogen-bond acceptors (Lipinski definition) is 7. The Labute approximate surface area is 181 Å². The number of fused-ring (bicyclic) bond motifs is 1. The van der Waals surface area contributed by atoms with Gasteiger partial charge < -0.3 is 25.4 Å². The third kappa shape index (κ3) is 3.89. The van der Waals surface area contributed by atoms with E-state index in [1.165, 1.54) is 0 Å². The van der Waals surface area contributed by atoms with Gasteiger partial charge in [-0.05, 0) is 55.9 Å². The molecular weight excluding hydrogens is 388 g/mol. The van der Waals surface area contributed by atoms with Gasteiger partial charge in [0.2, 0.25) is 5.95 Å². The van der Waals surface area contributed by atoms with Crippen molar-refractivity contribution in [2.75, 3.05) is 49.2 Å². The third-order valence-corrected chi connectivity index (χ3v) is 5.74. The molecule has 0 radical (unpaired) electrons. The van der Waals surface area contributed by atoms with Crippen molar-refractivity contribution in [3.8, 4) is 5.69 Å². The summed E-state index contributed by atoms with van der Waals surface area (Å²) >= 11 is 0. The van der Waals surface area contributed by atoms with Crippen LogP contribution in [0.15, 0.2) is 55.0 Å². The molecule has 0 bridgehead atoms. The highest BCUT2D eigenvalue weighted by Gasteiger charge is 2.15. The summed E-state index contributed by atoms with van der Waals surface area (Å²) in [4.78, 5) is 18.5. The first-order valence-electron chi connectivity index (χ1n) is 10.4. The van der Waals surface area contributed by atoms with Crippen molar-refractivity contribution in [2.24, 2.45) is 0 Å². The van der Waals surface area contributed by atoms with Gasteiger partial charge in [0.25, 0.3) is 0 Å². The Balaban J connectivity index is 1.38. The Kier molecular flexibility index (Phi) is 4.91. The molecule has 1 aliphatic rings. The van der Waals surface area contributed by atoms with E-state index in [0.29, 0.717) is 5.95 Å². The Morgan fingerprint density at radius 2 is 1.81 bits per heavy atom. The van der Waals surface area contributed by atoms with Gasteiger partial charge in [0.1, 0.15) is 11.5 Å². The Morgan fingerprint density at radius 3 is 2.55 bits per heavy atom. The van der Waals surface area contributed by atoms with Crippen molar-refractivity contribution in [3.05, 3.63) is 60.6 Å². The van der Waals surface area contributed by atoms with E-state index in [4.69, 9.17) is 10.7 Å². The quantitative estimate of drug-likeness (QED) is 0.496. The molecule has 4 aromatic rings. The summed E-state index contributed by atoms with van der Waals surface area (Å²) in [6.07, 6.45) is 5.68. The maximum atomic E-state index is 5.91. The summed E-state index contributed by atoms with van der Waals surface area (Å²) in [5.41, 5.74) is 10.5. The first-order valence-corrected chi connectivity index (χ1v) is 10.4. The van der Waals surface area contributed by atoms with Crippen LogP contribution in [-0.4, -0.2) is 57.6 Å². The fourth-order valence-electron chi connectivity index (χ4n) is 3.93. The number of piperazine rings is 1. The second-order valence-electron chi connectivity index (χ2n) is 8.02. The van der Waals surface area contributed by atoms with Crippen LogP contribution < -0.4 is 16.0 Å². The van der Waals surface area contributed by atoms with Crippen LogP contribution >= 0.6 is 0 Å². The number of likely N-dealkylation sites (N-methyl/N-ethyl adjacent to an activating group) is 1. The van der Waals surface area contributed by atoms with Gasteiger partial charge in [-0.2, -0.15) is 4.98 Å². The number of nitrogens with zero attached hydrogens (tertiary/aromatic N) is 6. The summed E-state index contributed by atoms with van der Waals surface area (Å²) in [6, 6.07) is 12.0. The van der Waals surface area contributed by atoms with E-state index in [0.717, 1.165) is 65.7 Å². The summed E-state index contributed by atoms with van der Waals surface area (Å²) in [5.74, 6) is 1.54. The molecule has 31 heavy (non-hydrogen) atoms. The average molecular weight is 415 g/mol. The number of rotatable bonds is 4. The lowest BCUT2D eigenvalue weighted by molar-refractivity contribution is 0.312. The Bertz CT molecular complexity index is 1210. The lowest BCUT2D eigenvalue weighted by Crippen LogP contribution is -2.44. The maximum Gasteiger partial charge on any atom is 0.229 e. The number of hydrogen-bond donors (Lipinski definition) is 2. The van der Waals surface area contributed by atoms with Gasteiger partial charge in [-0.15, -0.1) is 0 Å². The SMILES string of the molecule is Cc1cc(N)ccc1-n1ccc2cnc(Nc3ccc(N4CCN(C)CC4)nc3)nc21. The van der Waals surface area contributed by atoms with Gasteiger partial charge in [-0.25, -0.2) is 9.97 Å². The van der Waals surface area contributed by atoms with Gasteiger partial charge in [0.05, 0.1) is 17.6 Å². The lowest BCUT2D eigenvalue weighted by Gasteiger charge is -2.33. The molecule has 0 unspecified atom stereocenters. The normalized spacial score (nSPS) is 14.8. The molecule has 1 saturated heterocycles. The largest absolute Gasteiger partial charge is 0.399 e. The van der Waals surface area contributed by atoms with Crippen LogP contribution in [0.1, 0.15) is 5.56 Å². The molecular formula is C23H26N8. The maximum absolute atomic E-state index is 5.91. The van der Waals surface area contributed by atoms with E-state index in [9.17, 15) is 0 Å². The van der Waals surface area contributed by atoms with Crippen molar-refractivity contribution in [3.63, 3.8) is 0 Å². The summed E-state index contributed by atoms with van der Waals surface area (Å²) in [5, 5.41) is 4.26. The summed E-state index contributed by atoms with van der Waals surface area (Å²) in [7, 11) is 2.15. The Morgan fingerprint density at radius 1 is 0.968 bits per heavy atom. The topological polar surface area (TPSA) is 88.1 Å². The molecule has 1 aromatic carbocycles. The minimum atomic E-state index is 0.537. The number of aromatic nitrogens is 4. The molecule has 8 heteroatoms. The zero-order valence-corrected chi connectivity index (χ0v) is 17.8. The molecule has 5 rings (SSSR count). The number of nitrogens with one attached hydrogen (secondary N) is 1. The number of anilines is 4. The molecule has 8 nitrogen and oxygen atoms in total. The van der Waals surface area contributed by atoms with Crippen LogP contribution in [0.3, 0.4) is 0 Å². The lowest BCUT2D eigenvalue weighted by atomic mass is 10.2. The molecule has 0 saturated carbocycles. The molecule has 3 aromatic heterocycles. The Hall–Kier alpha value is -3.65. The third-order valence-electron chi connectivity index (χ3n) is 5.74. The van der Waals surface area contributed by atoms with Crippen LogP contribution in [-0.2, 0) is 0 Å². The average Bonchev–Trinajstić information content (AvgIpc) is 3.18. The zero-order chi connectivity index (χ0) is 21.4. The highest BCUT2D eigenvalue weighted by atomic mass is 15.3. The van der Waals surface area contributed by atoms with Crippen molar-refractivity contribution in [1.82, 2.24) is 24.4 Å². The highest BCUT2D eigenvalue weighted by Crippen LogP contribution is 2.24. The van der Waals surface area contributed by atoms with Gasteiger partial charge >= 0.3 is 0 Å². The van der Waals surface area contributed by atoms with Crippen LogP contribution in [0.2, 0.25) is 0 Å². The predicted molar refractivity (Wildman–Crippen MR) is 125 cm³/mol. The van der Waals surface area contributed by atoms with E-state index in [1.54, 1.807) is 0 Å². The smallest absolute Gasteiger partial charge is 0.229 e. The van der Waals surface area contributed by atoms with Crippen molar-refractivity contribution >= 4 is 34.2 Å². The van der Waals surface area contributed by atoms with Gasteiger partial charge in [-0.1, -0.05) is 0 Å². The van der Waals surface area contributed by atoms with Crippen molar-refractivity contribution in [1.29, 1.82) is 0 Å². The molecule has 0 spiro atoms. The number of benzene rings is 1. The molecule has 158 valence electrons. The van der Waals surface area contributed by atoms with E-state index in [-0.39, 0.29) is 0 Å². The summed E-state index contributed by atoms with van der Waals surface area (Å²) < 4.78 is 2.06. The van der Waals surface area contributed by atoms with Gasteiger partial charge in [0, 0.05) is 49.6 Å². The molecule has 0 atom stereocenters. The first-order chi connectivity index (χ1) is 15.1. The van der Waals surface area contributed by atoms with Crippen molar-refractivity contribution < 1.29 is 0 Å². The summed E-state index contributed by atoms with van der Waals surface area (Å²) in [6.45, 7) is 6.16. The van der Waals surface area contributed by atoms with E-state index in [1.807, 2.05) is 61.9 Å². The number of pyridine rings is 1. The number of aryl methyl sites for hydroxylation is 1. The molecule has 0 amide bonds. The standard InChI is InChI=1S/C23H26N8/c1-16-13-18(24)3-5-20(16)31-8-7-17-14-26-23(28-22(17)31)27-19-4-6-21(25-15-19)30-11-9-29(2)10-12-30/h3-8,13-15H,9-12,24H2,1-2H3,(H,26,27,28). The van der Waals surface area contributed by atoms with Crippen LogP contribution in [0.4, 0.5) is 23.1 Å². The number of nitrogen functional groups attached to an aromatic ring is 1. The van der Waals surface area contributed by atoms with Crippen molar-refractivity contribution in [2.45, 2.75) is 6.92 Å². The molecule has 4 heterocycles. The van der Waals surface area contributed by atoms with Crippen LogP contribution in [0.5, 0.6) is 0 Å². The van der Waals surface area contributed by atoms with Gasteiger partial charge in [-0.3, -0.25) is 0 Å². The first kappa shape index (κ1) is 19.3. The zero-order valence-electron chi connectivity index (χ0n) is 17.8. The molecule has 3 N–H and O–H groups in total. The van der Waals surface area contributed by atoms with Crippen LogP contribution in [0, 0.1) is 6.92 Å². The number of nitrogens with two attached hydrogens (primary N) is 1. The minimum absolute atomic E-state index is 0.537. The molecule has 1 fully saturated rings. The molecule has 1 aliphatic heterocycles. The van der Waals surface area contributed by atoms with Crippen LogP contribution in [0.25, 0.3) is 16.7 Å². The van der Waals surface area contributed by atoms with E-state index < -0.39 is 0 Å². The predicted octanol–water partition coefficient (Wildman–Crippen LogP) is 3.20. The monoisotopic (exact) mass is 414 g/mol. The highest BCUT2D eigenvalue weighted by molar-refractivity contribution is 5.79. The fraction of sp³-hybridized carbons (Fsp3) is 0.261. The minimum Gasteiger partial charge on any atom is -0.399 e. The fourth-order valence-corrected chi connectivity index (χ4v) is 3.93. The second kappa shape index (κ2) is 7.88. The van der Waals surface area contributed by atoms with Gasteiger partial charge in [0.15, 0.2) is 0 Å². The second-order valence-corrected chi connectivity index (χ2v) is 8.02. The molecule has 0 aliphatic carbocycles.